The number of carbonyl (C=O) groups is 1. The number of hydrogen-bond donors (Lipinski definition) is 4. The number of benzene rings is 3. The molecule has 0 radical (unpaired) electrons. The number of anilines is 3. The topological polar surface area (TPSA) is 273 Å². The summed E-state index contributed by atoms with van der Waals surface area (Å²) in [6.45, 7) is 0. The summed E-state index contributed by atoms with van der Waals surface area (Å²) in [4.78, 5) is 31.5. The second kappa shape index (κ2) is 11.6. The van der Waals surface area contributed by atoms with Crippen molar-refractivity contribution < 1.29 is 50.1 Å². The fourth-order valence-corrected chi connectivity index (χ4v) is 5.69. The first-order valence-electron chi connectivity index (χ1n) is 11.6. The molecule has 3 aromatic carbocycles. The average Bonchev–Trinajstić information content (AvgIpc) is 3.40. The van der Waals surface area contributed by atoms with Crippen LogP contribution in [0.2, 0.25) is 0 Å². The molecule has 1 heterocycles. The zero-order valence-electron chi connectivity index (χ0n) is 22.1. The second-order valence-corrected chi connectivity index (χ2v) is 11.1. The van der Waals surface area contributed by atoms with Crippen LogP contribution in [-0.4, -0.2) is 61.8 Å². The molecule has 44 heavy (non-hydrogen) atoms. The molecule has 0 saturated carbocycles. The zero-order chi connectivity index (χ0) is 32.6. The first-order chi connectivity index (χ1) is 20.6. The average molecular weight is 654 g/mol. The quantitative estimate of drug-likeness (QED) is 0.138. The van der Waals surface area contributed by atoms with E-state index in [4.69, 9.17) is 9.47 Å². The van der Waals surface area contributed by atoms with Crippen LogP contribution in [0.15, 0.2) is 69.5 Å². The van der Waals surface area contributed by atoms with Gasteiger partial charge in [0.05, 0.1) is 24.1 Å². The third kappa shape index (κ3) is 5.84. The third-order valence-corrected chi connectivity index (χ3v) is 7.57. The summed E-state index contributed by atoms with van der Waals surface area (Å²) in [6.07, 6.45) is 0. The summed E-state index contributed by atoms with van der Waals surface area (Å²) in [5, 5.41) is 31.1. The normalized spacial score (nSPS) is 13.1. The van der Waals surface area contributed by atoms with E-state index < -0.39 is 85.9 Å². The van der Waals surface area contributed by atoms with Crippen molar-refractivity contribution in [3.05, 3.63) is 74.8 Å². The maximum absolute atomic E-state index is 13.1. The number of hydrazone groups is 1. The summed E-state index contributed by atoms with van der Waals surface area (Å²) in [7, 11) is -8.89. The Labute approximate surface area is 246 Å². The van der Waals surface area contributed by atoms with Crippen LogP contribution in [0, 0.1) is 20.2 Å². The molecule has 1 amide bonds. The molecule has 0 saturated heterocycles. The number of carbonyl (C=O) groups excluding carboxylic acids is 1. The van der Waals surface area contributed by atoms with Crippen molar-refractivity contribution in [2.24, 2.45) is 5.10 Å². The molecule has 0 atom stereocenters. The van der Waals surface area contributed by atoms with Crippen molar-refractivity contribution in [1.29, 1.82) is 0 Å². The number of methoxy groups -OCH3 is 2. The highest BCUT2D eigenvalue weighted by Crippen LogP contribution is 2.45. The molecule has 232 valence electrons. The molecule has 0 spiro atoms. The van der Waals surface area contributed by atoms with Crippen molar-refractivity contribution in [3.8, 4) is 11.5 Å². The Hall–Kier alpha value is -5.58. The fraction of sp³-hybridized carbons (Fsp3) is 0.0909. The highest BCUT2D eigenvalue weighted by Gasteiger charge is 2.40. The fourth-order valence-electron chi connectivity index (χ4n) is 4.03. The molecule has 1 aliphatic rings. The van der Waals surface area contributed by atoms with E-state index in [0.29, 0.717) is 22.9 Å². The summed E-state index contributed by atoms with van der Waals surface area (Å²) in [6, 6.07) is 11.1. The Morgan fingerprint density at radius 3 is 1.77 bits per heavy atom. The molecule has 0 bridgehead atoms. The Morgan fingerprint density at radius 1 is 0.841 bits per heavy atom. The number of nitro groups is 2. The van der Waals surface area contributed by atoms with Crippen LogP contribution in [0.3, 0.4) is 0 Å². The third-order valence-electron chi connectivity index (χ3n) is 5.75. The van der Waals surface area contributed by atoms with Gasteiger partial charge in [-0.25, -0.2) is 0 Å². The van der Waals surface area contributed by atoms with Gasteiger partial charge in [-0.3, -0.25) is 39.6 Å². The van der Waals surface area contributed by atoms with Crippen LogP contribution in [0.1, 0.15) is 0 Å². The minimum Gasteiger partial charge on any atom is -0.493 e. The van der Waals surface area contributed by atoms with E-state index in [2.05, 4.69) is 15.8 Å². The molecule has 20 nitrogen and oxygen atoms in total. The summed E-state index contributed by atoms with van der Waals surface area (Å²) >= 11 is 0. The van der Waals surface area contributed by atoms with Crippen molar-refractivity contribution in [2.75, 3.05) is 29.8 Å². The zero-order valence-corrected chi connectivity index (χ0v) is 23.8. The van der Waals surface area contributed by atoms with Crippen molar-refractivity contribution >= 4 is 60.4 Å². The lowest BCUT2D eigenvalue weighted by molar-refractivity contribution is -0.388. The molecule has 0 aliphatic carbocycles. The predicted octanol–water partition coefficient (Wildman–Crippen LogP) is 1.71. The first-order valence-corrected chi connectivity index (χ1v) is 14.5. The van der Waals surface area contributed by atoms with Gasteiger partial charge in [0.15, 0.2) is 11.5 Å². The van der Waals surface area contributed by atoms with Crippen molar-refractivity contribution in [3.63, 3.8) is 0 Å². The van der Waals surface area contributed by atoms with Crippen LogP contribution >= 0.6 is 0 Å². The van der Waals surface area contributed by atoms with Gasteiger partial charge in [0.1, 0.15) is 11.4 Å². The number of nitrogens with one attached hydrogen (secondary N) is 2. The largest absolute Gasteiger partial charge is 0.493 e. The number of amidine groups is 1. The van der Waals surface area contributed by atoms with Crippen LogP contribution in [0.4, 0.5) is 28.4 Å². The van der Waals surface area contributed by atoms with Gasteiger partial charge in [-0.15, -0.1) is 10.2 Å². The molecule has 4 N–H and O–H groups in total. The smallest absolute Gasteiger partial charge is 0.305 e. The van der Waals surface area contributed by atoms with Crippen molar-refractivity contribution in [1.82, 2.24) is 5.43 Å². The Kier molecular flexibility index (Phi) is 8.27. The molecule has 3 aromatic rings. The molecule has 0 unspecified atom stereocenters. The highest BCUT2D eigenvalue weighted by molar-refractivity contribution is 7.86. The lowest BCUT2D eigenvalue weighted by Crippen LogP contribution is -2.47. The maximum atomic E-state index is 13.1. The van der Waals surface area contributed by atoms with Crippen LogP contribution in [-0.2, 0) is 25.0 Å². The van der Waals surface area contributed by atoms with Gasteiger partial charge < -0.3 is 14.8 Å². The number of amides is 1. The molecular formula is C22H19N7O13S2. The van der Waals surface area contributed by atoms with Crippen LogP contribution in [0.5, 0.6) is 11.5 Å². The van der Waals surface area contributed by atoms with E-state index in [1.807, 2.05) is 0 Å². The molecule has 1 aliphatic heterocycles. The van der Waals surface area contributed by atoms with Gasteiger partial charge in [0, 0.05) is 17.8 Å². The number of ether oxygens (including phenoxy) is 2. The number of para-hydroxylation sites is 1. The standard InChI is InChI=1S/C22H19N7O13S2/c1-41-17-13(8-10-15(28(31)32)19(17)43(35,36)37)26-24-21(22(30)23-12-6-4-3-5-7-12)25-27(26)14-9-11-16(29(33)34)20(18(14)42-2)44(38,39)40/h3-11H,1-2H3,(H,23,30)(H,24,25)(H,35,36,37)(H,38,39,40). The minimum atomic E-state index is -5.35. The van der Waals surface area contributed by atoms with Crippen molar-refractivity contribution in [2.45, 2.75) is 9.79 Å². The Bertz CT molecular complexity index is 1930. The first kappa shape index (κ1) is 31.4. The summed E-state index contributed by atoms with van der Waals surface area (Å²) in [5.74, 6) is -3.17. The number of nitro benzene ring substituents is 2. The van der Waals surface area contributed by atoms with Gasteiger partial charge in [0.2, 0.25) is 15.6 Å². The van der Waals surface area contributed by atoms with Crippen LogP contribution in [0.25, 0.3) is 0 Å². The summed E-state index contributed by atoms with van der Waals surface area (Å²) in [5.41, 5.74) is -0.354. The monoisotopic (exact) mass is 653 g/mol. The van der Waals surface area contributed by atoms with E-state index in [1.165, 1.54) is 12.1 Å². The number of rotatable bonds is 10. The molecular weight excluding hydrogens is 634 g/mol. The van der Waals surface area contributed by atoms with E-state index in [0.717, 1.165) is 31.5 Å². The molecule has 4 rings (SSSR count). The lowest BCUT2D eigenvalue weighted by atomic mass is 10.2. The van der Waals surface area contributed by atoms with E-state index in [1.54, 1.807) is 18.2 Å². The van der Waals surface area contributed by atoms with E-state index >= 15 is 0 Å². The van der Waals surface area contributed by atoms with Gasteiger partial charge in [-0.05, 0) is 24.3 Å². The van der Waals surface area contributed by atoms with Gasteiger partial charge in [-0.1, -0.05) is 18.2 Å². The predicted molar refractivity (Wildman–Crippen MR) is 150 cm³/mol. The lowest BCUT2D eigenvalue weighted by Gasteiger charge is -2.30. The number of nitrogens with zero attached hydrogens (tertiary/aromatic N) is 5. The van der Waals surface area contributed by atoms with E-state index in [-0.39, 0.29) is 0 Å². The SMILES string of the molecule is COc1c(N2N=C(C(=O)Nc3ccccc3)NN2c2ccc([N+](=O)[O-])c(S(=O)(=O)O)c2OC)ccc([N+](=O)[O-])c1S(=O)(=O)O. The minimum absolute atomic E-state index is 0.301. The Morgan fingerprint density at radius 2 is 1.32 bits per heavy atom. The van der Waals surface area contributed by atoms with E-state index in [9.17, 15) is 51.0 Å². The number of hydrazine groups is 2. The maximum Gasteiger partial charge on any atom is 0.305 e. The highest BCUT2D eigenvalue weighted by atomic mass is 32.2. The van der Waals surface area contributed by atoms with Gasteiger partial charge in [-0.2, -0.15) is 22.0 Å². The van der Waals surface area contributed by atoms with Gasteiger partial charge >= 0.3 is 20.2 Å². The van der Waals surface area contributed by atoms with Gasteiger partial charge in [0.25, 0.3) is 17.3 Å². The number of hydrogen-bond acceptors (Lipinski definition) is 15. The molecule has 22 heteroatoms. The molecule has 0 fully saturated rings. The molecule has 0 aromatic heterocycles. The Balaban J connectivity index is 2.01. The van der Waals surface area contributed by atoms with Crippen LogP contribution < -0.4 is 30.5 Å². The summed E-state index contributed by atoms with van der Waals surface area (Å²) < 4.78 is 78.8. The second-order valence-electron chi connectivity index (χ2n) is 8.38.